The van der Waals surface area contributed by atoms with Crippen LogP contribution in [0.5, 0.6) is 11.5 Å². The number of carbonyl (C=O) groups excluding carboxylic acids is 1. The molecule has 0 atom stereocenters. The highest BCUT2D eigenvalue weighted by Gasteiger charge is 2.24. The second-order valence-electron chi connectivity index (χ2n) is 9.50. The topological polar surface area (TPSA) is 76.8 Å². The van der Waals surface area contributed by atoms with E-state index < -0.39 is 6.09 Å². The fourth-order valence-electron chi connectivity index (χ4n) is 4.18. The van der Waals surface area contributed by atoms with Crippen molar-refractivity contribution in [1.29, 1.82) is 0 Å². The van der Waals surface area contributed by atoms with Crippen molar-refractivity contribution in [1.82, 2.24) is 14.8 Å². The molecular formula is C29H29Cl2N3O4S. The third-order valence-electron chi connectivity index (χ3n) is 5.95. The highest BCUT2D eigenvalue weighted by molar-refractivity contribution is 7.78. The summed E-state index contributed by atoms with van der Waals surface area (Å²) in [6.07, 6.45) is -0.638. The number of hydrogen-bond acceptors (Lipinski definition) is 7. The molecule has 0 aliphatic rings. The summed E-state index contributed by atoms with van der Waals surface area (Å²) in [5.74, 6) is 1.98. The molecule has 39 heavy (non-hydrogen) atoms. The Bertz CT molecular complexity index is 1440. The average Bonchev–Trinajstić information content (AvgIpc) is 3.32. The lowest BCUT2D eigenvalue weighted by atomic mass is 10.0. The van der Waals surface area contributed by atoms with Crippen LogP contribution in [0.15, 0.2) is 65.2 Å². The summed E-state index contributed by atoms with van der Waals surface area (Å²) in [4.78, 5) is 13.7. The van der Waals surface area contributed by atoms with Crippen LogP contribution in [-0.4, -0.2) is 30.2 Å². The Labute approximate surface area is 243 Å². The predicted octanol–water partition coefficient (Wildman–Crippen LogP) is 8.01. The molecule has 0 radical (unpaired) electrons. The molecule has 10 heteroatoms. The van der Waals surface area contributed by atoms with E-state index in [1.165, 1.54) is 0 Å². The fraction of sp³-hybridized carbons (Fsp3) is 0.241. The number of ether oxygens (including phenoxy) is 2. The third kappa shape index (κ3) is 6.89. The molecule has 1 heterocycles. The second kappa shape index (κ2) is 12.8. The van der Waals surface area contributed by atoms with Gasteiger partial charge in [-0.25, -0.2) is 4.79 Å². The lowest BCUT2D eigenvalue weighted by Crippen LogP contribution is -2.19. The molecule has 204 valence electrons. The van der Waals surface area contributed by atoms with Gasteiger partial charge in [-0.05, 0) is 61.6 Å². The molecule has 0 aliphatic heterocycles. The standard InChI is InChI=1S/C29H29Cl2N3O4S/c1-17(2)28-22(27(32-38-28)26-23(30)6-5-7-24(26)31)16-36-21-11-8-18(9-12-21)19-10-13-25(37-29(35)33-39)20(14-19)15-34(3)4/h5-14,17,39H,15-16H2,1-4H3,(H,33,35). The maximum Gasteiger partial charge on any atom is 0.422 e. The quantitative estimate of drug-likeness (QED) is 0.194. The number of carbonyl (C=O) groups is 1. The number of hydrogen-bond donors (Lipinski definition) is 2. The van der Waals surface area contributed by atoms with E-state index in [9.17, 15) is 4.79 Å². The Morgan fingerprint density at radius 3 is 2.33 bits per heavy atom. The van der Waals surface area contributed by atoms with E-state index in [1.807, 2.05) is 69.2 Å². The van der Waals surface area contributed by atoms with Gasteiger partial charge < -0.3 is 18.9 Å². The number of rotatable bonds is 9. The molecule has 1 N–H and O–H groups in total. The van der Waals surface area contributed by atoms with Crippen LogP contribution in [0.3, 0.4) is 0 Å². The van der Waals surface area contributed by atoms with E-state index in [0.29, 0.717) is 39.3 Å². The van der Waals surface area contributed by atoms with Crippen LogP contribution in [0, 0.1) is 0 Å². The van der Waals surface area contributed by atoms with E-state index in [2.05, 4.69) is 22.7 Å². The summed E-state index contributed by atoms with van der Waals surface area (Å²) in [6.45, 7) is 4.89. The molecule has 0 bridgehead atoms. The van der Waals surface area contributed by atoms with Crippen LogP contribution in [0.4, 0.5) is 4.79 Å². The second-order valence-corrected chi connectivity index (χ2v) is 10.5. The third-order valence-corrected chi connectivity index (χ3v) is 6.77. The van der Waals surface area contributed by atoms with Gasteiger partial charge in [-0.15, -0.1) is 0 Å². The summed E-state index contributed by atoms with van der Waals surface area (Å²) >= 11 is 16.7. The molecule has 1 amide bonds. The predicted molar refractivity (Wildman–Crippen MR) is 158 cm³/mol. The van der Waals surface area contributed by atoms with Gasteiger partial charge in [-0.3, -0.25) is 4.72 Å². The zero-order chi connectivity index (χ0) is 28.1. The molecule has 4 rings (SSSR count). The molecule has 0 unspecified atom stereocenters. The number of nitrogens with zero attached hydrogens (tertiary/aromatic N) is 2. The summed E-state index contributed by atoms with van der Waals surface area (Å²) in [5.41, 5.74) is 4.84. The monoisotopic (exact) mass is 585 g/mol. The molecule has 0 fully saturated rings. The molecule has 0 saturated heterocycles. The van der Waals surface area contributed by atoms with Crippen molar-refractivity contribution < 1.29 is 18.8 Å². The number of benzene rings is 3. The van der Waals surface area contributed by atoms with Gasteiger partial charge in [0.05, 0.1) is 15.6 Å². The van der Waals surface area contributed by atoms with Crippen LogP contribution in [-0.2, 0) is 13.2 Å². The average molecular weight is 587 g/mol. The van der Waals surface area contributed by atoms with Gasteiger partial charge >= 0.3 is 6.09 Å². The number of amides is 1. The minimum atomic E-state index is -0.638. The van der Waals surface area contributed by atoms with Crippen molar-refractivity contribution in [3.8, 4) is 33.9 Å². The summed E-state index contributed by atoms with van der Waals surface area (Å²) < 4.78 is 19.4. The van der Waals surface area contributed by atoms with Crippen molar-refractivity contribution in [3.05, 3.63) is 87.6 Å². The summed E-state index contributed by atoms with van der Waals surface area (Å²) in [5, 5.41) is 5.27. The van der Waals surface area contributed by atoms with Gasteiger partial charge in [0, 0.05) is 23.6 Å². The Balaban J connectivity index is 1.56. The van der Waals surface area contributed by atoms with Gasteiger partial charge in [0.25, 0.3) is 0 Å². The Kier molecular flexibility index (Phi) is 9.45. The summed E-state index contributed by atoms with van der Waals surface area (Å²) in [6, 6.07) is 18.8. The van der Waals surface area contributed by atoms with Gasteiger partial charge in [0.15, 0.2) is 0 Å². The Morgan fingerprint density at radius 1 is 1.05 bits per heavy atom. The molecule has 0 aliphatic carbocycles. The van der Waals surface area contributed by atoms with Crippen molar-refractivity contribution in [3.63, 3.8) is 0 Å². The van der Waals surface area contributed by atoms with E-state index >= 15 is 0 Å². The van der Waals surface area contributed by atoms with Gasteiger partial charge in [-0.1, -0.05) is 79.3 Å². The molecule has 0 spiro atoms. The highest BCUT2D eigenvalue weighted by Crippen LogP contribution is 2.39. The van der Waals surface area contributed by atoms with Crippen LogP contribution < -0.4 is 14.2 Å². The first-order chi connectivity index (χ1) is 18.7. The number of aromatic nitrogens is 1. The van der Waals surface area contributed by atoms with E-state index in [0.717, 1.165) is 28.0 Å². The zero-order valence-electron chi connectivity index (χ0n) is 22.0. The van der Waals surface area contributed by atoms with Gasteiger partial charge in [0.2, 0.25) is 0 Å². The van der Waals surface area contributed by atoms with Crippen molar-refractivity contribution >= 4 is 42.1 Å². The number of thiol groups is 1. The van der Waals surface area contributed by atoms with Crippen molar-refractivity contribution in [2.75, 3.05) is 14.1 Å². The lowest BCUT2D eigenvalue weighted by molar-refractivity contribution is 0.206. The number of halogens is 2. The van der Waals surface area contributed by atoms with Crippen LogP contribution in [0.2, 0.25) is 10.0 Å². The molecule has 7 nitrogen and oxygen atoms in total. The summed E-state index contributed by atoms with van der Waals surface area (Å²) in [7, 11) is 3.90. The molecule has 0 saturated carbocycles. The first kappa shape index (κ1) is 28.8. The molecular weight excluding hydrogens is 557 g/mol. The fourth-order valence-corrected chi connectivity index (χ4v) is 4.80. The zero-order valence-corrected chi connectivity index (χ0v) is 24.4. The largest absolute Gasteiger partial charge is 0.489 e. The van der Waals surface area contributed by atoms with Crippen LogP contribution in [0.25, 0.3) is 22.4 Å². The Morgan fingerprint density at radius 2 is 1.72 bits per heavy atom. The minimum Gasteiger partial charge on any atom is -0.489 e. The SMILES string of the molecule is CC(C)c1onc(-c2c(Cl)cccc2Cl)c1COc1ccc(-c2ccc(OC(=O)NS)c(CN(C)C)c2)cc1. The minimum absolute atomic E-state index is 0.0932. The van der Waals surface area contributed by atoms with E-state index in [4.69, 9.17) is 37.2 Å². The van der Waals surface area contributed by atoms with Crippen LogP contribution >= 0.6 is 36.0 Å². The molecule has 1 aromatic heterocycles. The lowest BCUT2D eigenvalue weighted by Gasteiger charge is -2.16. The first-order valence-corrected chi connectivity index (χ1v) is 13.4. The highest BCUT2D eigenvalue weighted by atomic mass is 35.5. The smallest absolute Gasteiger partial charge is 0.422 e. The number of nitrogens with one attached hydrogen (secondary N) is 1. The van der Waals surface area contributed by atoms with Gasteiger partial charge in [0.1, 0.15) is 29.6 Å². The van der Waals surface area contributed by atoms with E-state index in [-0.39, 0.29) is 12.5 Å². The van der Waals surface area contributed by atoms with Gasteiger partial charge in [-0.2, -0.15) is 0 Å². The Hall–Kier alpha value is -3.17. The molecule has 4 aromatic rings. The maximum atomic E-state index is 11.7. The van der Waals surface area contributed by atoms with E-state index in [1.54, 1.807) is 24.3 Å². The maximum absolute atomic E-state index is 11.7. The van der Waals surface area contributed by atoms with Crippen molar-refractivity contribution in [2.24, 2.45) is 0 Å². The van der Waals surface area contributed by atoms with Crippen LogP contribution in [0.1, 0.15) is 36.7 Å². The normalized spacial score (nSPS) is 11.2. The van der Waals surface area contributed by atoms with Crippen molar-refractivity contribution in [2.45, 2.75) is 32.9 Å². The molecule has 3 aromatic carbocycles. The first-order valence-electron chi connectivity index (χ1n) is 12.2.